The Kier molecular flexibility index (Phi) is 6.11. The molecule has 0 unspecified atom stereocenters. The Morgan fingerprint density at radius 2 is 1.80 bits per heavy atom. The topological polar surface area (TPSA) is 83.8 Å². The molecule has 2 heterocycles. The van der Waals surface area contributed by atoms with Crippen LogP contribution in [0.5, 0.6) is 0 Å². The maximum absolute atomic E-state index is 12.9. The van der Waals surface area contributed by atoms with Gasteiger partial charge < -0.3 is 9.73 Å². The van der Waals surface area contributed by atoms with Crippen LogP contribution in [-0.4, -0.2) is 15.7 Å². The molecule has 3 aromatic carbocycles. The lowest BCUT2D eigenvalue weighted by Gasteiger charge is -2.07. The summed E-state index contributed by atoms with van der Waals surface area (Å²) in [4.78, 5) is 12.9. The molecule has 0 saturated carbocycles. The predicted molar refractivity (Wildman–Crippen MR) is 137 cm³/mol. The fourth-order valence-electron chi connectivity index (χ4n) is 3.59. The molecule has 0 bridgehead atoms. The van der Waals surface area contributed by atoms with Crippen LogP contribution >= 0.6 is 23.2 Å². The molecule has 0 fully saturated rings. The molecule has 2 aromatic heterocycles. The molecular weight excluding hydrogens is 483 g/mol. The van der Waals surface area contributed by atoms with Gasteiger partial charge in [0.05, 0.1) is 21.4 Å². The van der Waals surface area contributed by atoms with E-state index in [2.05, 4.69) is 5.32 Å². The molecule has 1 N–H and O–H groups in total. The highest BCUT2D eigenvalue weighted by molar-refractivity contribution is 6.44. The highest BCUT2D eigenvalue weighted by atomic mass is 35.5. The van der Waals surface area contributed by atoms with Crippen LogP contribution in [0.4, 0.5) is 5.69 Å². The third-order valence-electron chi connectivity index (χ3n) is 5.29. The van der Waals surface area contributed by atoms with Crippen molar-refractivity contribution in [3.8, 4) is 23.2 Å². The molecule has 0 atom stereocenters. The number of furan rings is 1. The van der Waals surface area contributed by atoms with Gasteiger partial charge in [-0.15, -0.1) is 0 Å². The number of fused-ring (bicyclic) bond motifs is 1. The summed E-state index contributed by atoms with van der Waals surface area (Å²) >= 11 is 12.2. The van der Waals surface area contributed by atoms with E-state index in [9.17, 15) is 10.1 Å². The molecule has 0 aliphatic carbocycles. The number of rotatable bonds is 5. The SMILES string of the molecule is N#CC(=Cc1cn(-c2ccccc2)nc1-c1cc2ccccc2o1)C(=O)Nc1cccc(Cl)c1Cl. The molecule has 5 rings (SSSR count). The minimum atomic E-state index is -0.625. The highest BCUT2D eigenvalue weighted by Crippen LogP contribution is 2.32. The van der Waals surface area contributed by atoms with E-state index in [1.165, 1.54) is 6.08 Å². The Morgan fingerprint density at radius 1 is 1.03 bits per heavy atom. The first-order valence-corrected chi connectivity index (χ1v) is 11.3. The number of anilines is 1. The summed E-state index contributed by atoms with van der Waals surface area (Å²) in [5.41, 5.74) is 2.73. The maximum Gasteiger partial charge on any atom is 0.266 e. The van der Waals surface area contributed by atoms with Gasteiger partial charge in [0.2, 0.25) is 0 Å². The number of hydrogen-bond acceptors (Lipinski definition) is 4. The molecular formula is C27H16Cl2N4O2. The first-order chi connectivity index (χ1) is 17.0. The molecule has 0 spiro atoms. The van der Waals surface area contributed by atoms with E-state index >= 15 is 0 Å². The Hall–Kier alpha value is -4.31. The molecule has 0 aliphatic rings. The standard InChI is InChI=1S/C27H16Cl2N4O2/c28-21-10-6-11-22(25(21)29)31-27(34)18(15-30)13-19-16-33(20-8-2-1-3-9-20)32-26(19)24-14-17-7-4-5-12-23(17)35-24/h1-14,16H,(H,31,34). The van der Waals surface area contributed by atoms with Gasteiger partial charge in [0.1, 0.15) is 22.9 Å². The van der Waals surface area contributed by atoms with Crippen molar-refractivity contribution in [2.75, 3.05) is 5.32 Å². The van der Waals surface area contributed by atoms with Crippen LogP contribution < -0.4 is 5.32 Å². The summed E-state index contributed by atoms with van der Waals surface area (Å²) in [7, 11) is 0. The third-order valence-corrected chi connectivity index (χ3v) is 6.11. The van der Waals surface area contributed by atoms with E-state index in [1.54, 1.807) is 29.1 Å². The van der Waals surface area contributed by atoms with Crippen LogP contribution in [0, 0.1) is 11.3 Å². The largest absolute Gasteiger partial charge is 0.454 e. The Balaban J connectivity index is 1.58. The second-order valence-corrected chi connectivity index (χ2v) is 8.37. The van der Waals surface area contributed by atoms with Gasteiger partial charge in [0, 0.05) is 17.1 Å². The molecule has 6 nitrogen and oxygen atoms in total. The molecule has 1 amide bonds. The number of carbonyl (C=O) groups is 1. The molecule has 0 radical (unpaired) electrons. The van der Waals surface area contributed by atoms with E-state index in [0.717, 1.165) is 11.1 Å². The molecule has 0 saturated heterocycles. The van der Waals surface area contributed by atoms with Gasteiger partial charge in [-0.1, -0.05) is 65.7 Å². The summed E-state index contributed by atoms with van der Waals surface area (Å²) in [5, 5.41) is 18.5. The zero-order valence-electron chi connectivity index (χ0n) is 18.1. The summed E-state index contributed by atoms with van der Waals surface area (Å²) in [5.74, 6) is -0.109. The normalized spacial score (nSPS) is 11.4. The van der Waals surface area contributed by atoms with Crippen LogP contribution in [0.25, 0.3) is 34.2 Å². The number of nitriles is 1. The second kappa shape index (κ2) is 9.51. The van der Waals surface area contributed by atoms with Crippen molar-refractivity contribution in [3.63, 3.8) is 0 Å². The number of nitrogens with zero attached hydrogens (tertiary/aromatic N) is 3. The van der Waals surface area contributed by atoms with Crippen LogP contribution in [0.2, 0.25) is 10.0 Å². The van der Waals surface area contributed by atoms with Gasteiger partial charge >= 0.3 is 0 Å². The number of nitrogens with one attached hydrogen (secondary N) is 1. The summed E-state index contributed by atoms with van der Waals surface area (Å²) in [6.45, 7) is 0. The number of benzene rings is 3. The lowest BCUT2D eigenvalue weighted by Crippen LogP contribution is -2.13. The van der Waals surface area contributed by atoms with E-state index in [0.29, 0.717) is 33.3 Å². The van der Waals surface area contributed by atoms with Gasteiger partial charge in [-0.3, -0.25) is 4.79 Å². The molecule has 0 aliphatic heterocycles. The van der Waals surface area contributed by atoms with Gasteiger partial charge in [-0.05, 0) is 42.5 Å². The minimum absolute atomic E-state index is 0.133. The first kappa shape index (κ1) is 22.5. The van der Waals surface area contributed by atoms with Crippen LogP contribution in [0.3, 0.4) is 0 Å². The zero-order valence-corrected chi connectivity index (χ0v) is 19.6. The van der Waals surface area contributed by atoms with E-state index in [4.69, 9.17) is 32.7 Å². The number of para-hydroxylation sites is 2. The fraction of sp³-hybridized carbons (Fsp3) is 0. The van der Waals surface area contributed by atoms with Crippen molar-refractivity contribution in [2.24, 2.45) is 0 Å². The predicted octanol–water partition coefficient (Wildman–Crippen LogP) is 7.14. The Morgan fingerprint density at radius 3 is 2.57 bits per heavy atom. The van der Waals surface area contributed by atoms with E-state index < -0.39 is 5.91 Å². The fourth-order valence-corrected chi connectivity index (χ4v) is 3.94. The van der Waals surface area contributed by atoms with Gasteiger partial charge in [-0.2, -0.15) is 10.4 Å². The molecule has 8 heteroatoms. The lowest BCUT2D eigenvalue weighted by atomic mass is 10.1. The van der Waals surface area contributed by atoms with Crippen molar-refractivity contribution >= 4 is 51.8 Å². The van der Waals surface area contributed by atoms with E-state index in [-0.39, 0.29) is 10.6 Å². The van der Waals surface area contributed by atoms with Gasteiger partial charge in [0.25, 0.3) is 5.91 Å². The van der Waals surface area contributed by atoms with Crippen molar-refractivity contribution in [1.82, 2.24) is 9.78 Å². The quantitative estimate of drug-likeness (QED) is 0.206. The van der Waals surface area contributed by atoms with Gasteiger partial charge in [-0.25, -0.2) is 4.68 Å². The Bertz CT molecular complexity index is 1600. The smallest absolute Gasteiger partial charge is 0.266 e. The maximum atomic E-state index is 12.9. The van der Waals surface area contributed by atoms with Crippen molar-refractivity contribution in [2.45, 2.75) is 0 Å². The monoisotopic (exact) mass is 498 g/mol. The van der Waals surface area contributed by atoms with Crippen molar-refractivity contribution < 1.29 is 9.21 Å². The zero-order chi connectivity index (χ0) is 24.4. The highest BCUT2D eigenvalue weighted by Gasteiger charge is 2.19. The Labute approximate surface area is 210 Å². The van der Waals surface area contributed by atoms with Crippen LogP contribution in [0.1, 0.15) is 5.56 Å². The summed E-state index contributed by atoms with van der Waals surface area (Å²) < 4.78 is 7.70. The third kappa shape index (κ3) is 4.56. The van der Waals surface area contributed by atoms with Gasteiger partial charge in [0.15, 0.2) is 5.76 Å². The van der Waals surface area contributed by atoms with E-state index in [1.807, 2.05) is 66.7 Å². The lowest BCUT2D eigenvalue weighted by molar-refractivity contribution is -0.112. The average Bonchev–Trinajstić information content (AvgIpc) is 3.50. The van der Waals surface area contributed by atoms with Crippen LogP contribution in [-0.2, 0) is 4.79 Å². The number of hydrogen-bond donors (Lipinski definition) is 1. The number of amides is 1. The second-order valence-electron chi connectivity index (χ2n) is 7.59. The number of carbonyl (C=O) groups excluding carboxylic acids is 1. The summed E-state index contributed by atoms with van der Waals surface area (Å²) in [6, 6.07) is 25.8. The number of aromatic nitrogens is 2. The molecule has 35 heavy (non-hydrogen) atoms. The van der Waals surface area contributed by atoms with Crippen molar-refractivity contribution in [1.29, 1.82) is 5.26 Å². The first-order valence-electron chi connectivity index (χ1n) is 10.5. The molecule has 5 aromatic rings. The average molecular weight is 499 g/mol. The molecule has 170 valence electrons. The van der Waals surface area contributed by atoms with Crippen LogP contribution in [0.15, 0.2) is 95.0 Å². The summed E-state index contributed by atoms with van der Waals surface area (Å²) in [6.07, 6.45) is 3.22. The van der Waals surface area contributed by atoms with Crippen molar-refractivity contribution in [3.05, 3.63) is 106 Å². The minimum Gasteiger partial charge on any atom is -0.454 e. The number of halogens is 2.